The highest BCUT2D eigenvalue weighted by Gasteiger charge is 2.22. The SMILES string of the molecule is Cl.Cl.Cn1ccnc1-c1cccc(NC(=O)C2CCNC2)c1. The van der Waals surface area contributed by atoms with Gasteiger partial charge in [-0.2, -0.15) is 0 Å². The zero-order chi connectivity index (χ0) is 13.9. The van der Waals surface area contributed by atoms with Gasteiger partial charge in [0.15, 0.2) is 0 Å². The molecule has 1 atom stereocenters. The van der Waals surface area contributed by atoms with Gasteiger partial charge in [-0.15, -0.1) is 24.8 Å². The molecule has 1 aromatic carbocycles. The highest BCUT2D eigenvalue weighted by Crippen LogP contribution is 2.21. The third-order valence-electron chi connectivity index (χ3n) is 3.64. The van der Waals surface area contributed by atoms with E-state index in [1.54, 1.807) is 6.20 Å². The molecule has 0 aliphatic carbocycles. The molecule has 3 rings (SSSR count). The van der Waals surface area contributed by atoms with Crippen LogP contribution in [0, 0.1) is 5.92 Å². The number of halogens is 2. The van der Waals surface area contributed by atoms with Gasteiger partial charge in [-0.25, -0.2) is 4.98 Å². The third-order valence-corrected chi connectivity index (χ3v) is 3.64. The zero-order valence-electron chi connectivity index (χ0n) is 12.3. The van der Waals surface area contributed by atoms with Gasteiger partial charge >= 0.3 is 0 Å². The Hall–Kier alpha value is -1.56. The normalized spacial score (nSPS) is 16.5. The van der Waals surface area contributed by atoms with Crippen LogP contribution in [0.15, 0.2) is 36.7 Å². The molecule has 2 aromatic rings. The van der Waals surface area contributed by atoms with Crippen LogP contribution in [-0.4, -0.2) is 28.5 Å². The Bertz CT molecular complexity index is 624. The van der Waals surface area contributed by atoms with Crippen LogP contribution in [0.25, 0.3) is 11.4 Å². The van der Waals surface area contributed by atoms with Crippen molar-refractivity contribution < 1.29 is 4.79 Å². The summed E-state index contributed by atoms with van der Waals surface area (Å²) in [5, 5.41) is 6.20. The van der Waals surface area contributed by atoms with Crippen LogP contribution in [0.4, 0.5) is 5.69 Å². The Morgan fingerprint density at radius 2 is 2.23 bits per heavy atom. The monoisotopic (exact) mass is 342 g/mol. The summed E-state index contributed by atoms with van der Waals surface area (Å²) in [5.41, 5.74) is 1.82. The quantitative estimate of drug-likeness (QED) is 0.900. The minimum Gasteiger partial charge on any atom is -0.334 e. The number of anilines is 1. The summed E-state index contributed by atoms with van der Waals surface area (Å²) in [7, 11) is 1.96. The fourth-order valence-electron chi connectivity index (χ4n) is 2.50. The molecular formula is C15H20Cl2N4O. The van der Waals surface area contributed by atoms with E-state index in [0.717, 1.165) is 36.6 Å². The number of benzene rings is 1. The molecule has 0 spiro atoms. The molecule has 2 heterocycles. The molecule has 1 amide bonds. The molecule has 7 heteroatoms. The van der Waals surface area contributed by atoms with E-state index in [2.05, 4.69) is 15.6 Å². The number of aryl methyl sites for hydroxylation is 1. The van der Waals surface area contributed by atoms with Crippen molar-refractivity contribution in [3.8, 4) is 11.4 Å². The lowest BCUT2D eigenvalue weighted by Crippen LogP contribution is -2.24. The van der Waals surface area contributed by atoms with E-state index >= 15 is 0 Å². The average Bonchev–Trinajstić information content (AvgIpc) is 3.10. The molecule has 1 aromatic heterocycles. The molecule has 1 saturated heterocycles. The molecule has 1 unspecified atom stereocenters. The number of amides is 1. The van der Waals surface area contributed by atoms with E-state index in [-0.39, 0.29) is 36.6 Å². The van der Waals surface area contributed by atoms with E-state index < -0.39 is 0 Å². The molecule has 0 bridgehead atoms. The van der Waals surface area contributed by atoms with Crippen LogP contribution in [0.5, 0.6) is 0 Å². The smallest absolute Gasteiger partial charge is 0.228 e. The first-order valence-corrected chi connectivity index (χ1v) is 6.83. The summed E-state index contributed by atoms with van der Waals surface area (Å²) in [5.74, 6) is 1.06. The molecule has 1 aliphatic rings. The van der Waals surface area contributed by atoms with Crippen molar-refractivity contribution >= 4 is 36.4 Å². The Morgan fingerprint density at radius 1 is 1.41 bits per heavy atom. The third kappa shape index (κ3) is 4.00. The van der Waals surface area contributed by atoms with Crippen molar-refractivity contribution in [3.63, 3.8) is 0 Å². The molecule has 0 radical (unpaired) electrons. The minimum atomic E-state index is 0. The van der Waals surface area contributed by atoms with E-state index in [4.69, 9.17) is 0 Å². The van der Waals surface area contributed by atoms with Crippen LogP contribution >= 0.6 is 24.8 Å². The maximum atomic E-state index is 12.1. The van der Waals surface area contributed by atoms with Gasteiger partial charge in [0.2, 0.25) is 5.91 Å². The van der Waals surface area contributed by atoms with Crippen molar-refractivity contribution in [1.82, 2.24) is 14.9 Å². The molecule has 1 aliphatic heterocycles. The highest BCUT2D eigenvalue weighted by atomic mass is 35.5. The van der Waals surface area contributed by atoms with Gasteiger partial charge in [-0.05, 0) is 25.1 Å². The number of imidazole rings is 1. The molecule has 0 saturated carbocycles. The standard InChI is InChI=1S/C15H18N4O.2ClH/c1-19-8-7-17-14(19)11-3-2-4-13(9-11)18-15(20)12-5-6-16-10-12;;/h2-4,7-9,12,16H,5-6,10H2,1H3,(H,18,20);2*1H. The van der Waals surface area contributed by atoms with Crippen molar-refractivity contribution in [1.29, 1.82) is 0 Å². The predicted octanol–water partition coefficient (Wildman–Crippen LogP) is 2.48. The zero-order valence-corrected chi connectivity index (χ0v) is 13.9. The molecule has 1 fully saturated rings. The minimum absolute atomic E-state index is 0. The van der Waals surface area contributed by atoms with Gasteiger partial charge < -0.3 is 15.2 Å². The summed E-state index contributed by atoms with van der Waals surface area (Å²) in [4.78, 5) is 16.4. The number of carbonyl (C=O) groups is 1. The fraction of sp³-hybridized carbons (Fsp3) is 0.333. The van der Waals surface area contributed by atoms with Gasteiger partial charge in [0.05, 0.1) is 5.92 Å². The molecular weight excluding hydrogens is 323 g/mol. The molecule has 2 N–H and O–H groups in total. The van der Waals surface area contributed by atoms with E-state index in [9.17, 15) is 4.79 Å². The number of hydrogen-bond donors (Lipinski definition) is 2. The lowest BCUT2D eigenvalue weighted by Gasteiger charge is -2.11. The first kappa shape index (κ1) is 18.5. The summed E-state index contributed by atoms with van der Waals surface area (Å²) in [6.07, 6.45) is 4.58. The largest absolute Gasteiger partial charge is 0.334 e. The fourth-order valence-corrected chi connectivity index (χ4v) is 2.50. The Morgan fingerprint density at radius 3 is 2.86 bits per heavy atom. The van der Waals surface area contributed by atoms with Crippen LogP contribution in [-0.2, 0) is 11.8 Å². The molecule has 120 valence electrons. The number of hydrogen-bond acceptors (Lipinski definition) is 3. The second-order valence-corrected chi connectivity index (χ2v) is 5.12. The van der Waals surface area contributed by atoms with Crippen LogP contribution in [0.3, 0.4) is 0 Å². The maximum absolute atomic E-state index is 12.1. The van der Waals surface area contributed by atoms with Crippen molar-refractivity contribution in [2.75, 3.05) is 18.4 Å². The maximum Gasteiger partial charge on any atom is 0.228 e. The Balaban J connectivity index is 0.00000121. The van der Waals surface area contributed by atoms with Gasteiger partial charge in [0.1, 0.15) is 5.82 Å². The topological polar surface area (TPSA) is 59.0 Å². The number of carbonyl (C=O) groups excluding carboxylic acids is 1. The highest BCUT2D eigenvalue weighted by molar-refractivity contribution is 5.93. The van der Waals surface area contributed by atoms with E-state index in [1.807, 2.05) is 42.1 Å². The number of nitrogens with zero attached hydrogens (tertiary/aromatic N) is 2. The average molecular weight is 343 g/mol. The van der Waals surface area contributed by atoms with Crippen molar-refractivity contribution in [2.45, 2.75) is 6.42 Å². The summed E-state index contributed by atoms with van der Waals surface area (Å²) in [6.45, 7) is 1.69. The van der Waals surface area contributed by atoms with Gasteiger partial charge in [0, 0.05) is 37.2 Å². The lowest BCUT2D eigenvalue weighted by molar-refractivity contribution is -0.119. The van der Waals surface area contributed by atoms with Gasteiger partial charge in [-0.1, -0.05) is 12.1 Å². The predicted molar refractivity (Wildman–Crippen MR) is 92.7 cm³/mol. The van der Waals surface area contributed by atoms with Crippen molar-refractivity contribution in [3.05, 3.63) is 36.7 Å². The lowest BCUT2D eigenvalue weighted by atomic mass is 10.1. The molecule has 22 heavy (non-hydrogen) atoms. The second-order valence-electron chi connectivity index (χ2n) is 5.12. The number of aromatic nitrogens is 2. The van der Waals surface area contributed by atoms with Crippen LogP contribution in [0.1, 0.15) is 6.42 Å². The van der Waals surface area contributed by atoms with E-state index in [0.29, 0.717) is 0 Å². The van der Waals surface area contributed by atoms with Gasteiger partial charge in [0.25, 0.3) is 0 Å². The van der Waals surface area contributed by atoms with Crippen molar-refractivity contribution in [2.24, 2.45) is 13.0 Å². The number of rotatable bonds is 3. The van der Waals surface area contributed by atoms with E-state index in [1.165, 1.54) is 0 Å². The Labute approximate surface area is 142 Å². The molecule has 5 nitrogen and oxygen atoms in total. The summed E-state index contributed by atoms with van der Waals surface area (Å²) < 4.78 is 1.96. The van der Waals surface area contributed by atoms with Gasteiger partial charge in [-0.3, -0.25) is 4.79 Å². The summed E-state index contributed by atoms with van der Waals surface area (Å²) in [6, 6.07) is 7.80. The Kier molecular flexibility index (Phi) is 6.87. The van der Waals surface area contributed by atoms with Crippen LogP contribution < -0.4 is 10.6 Å². The van der Waals surface area contributed by atoms with Crippen LogP contribution in [0.2, 0.25) is 0 Å². The first-order valence-electron chi connectivity index (χ1n) is 6.83. The second kappa shape index (κ2) is 8.17. The first-order chi connectivity index (χ1) is 9.74. The number of nitrogens with one attached hydrogen (secondary N) is 2. The summed E-state index contributed by atoms with van der Waals surface area (Å²) >= 11 is 0.